The van der Waals surface area contributed by atoms with E-state index in [2.05, 4.69) is 6.58 Å². The molecule has 0 heterocycles. The van der Waals surface area contributed by atoms with Crippen LogP contribution in [0.15, 0.2) is 12.7 Å². The average molecular weight is 228 g/mol. The number of hydrogen-bond acceptors (Lipinski definition) is 3. The van der Waals surface area contributed by atoms with Gasteiger partial charge in [-0.3, -0.25) is 9.69 Å². The van der Waals surface area contributed by atoms with Crippen LogP contribution in [0.1, 0.15) is 27.2 Å². The van der Waals surface area contributed by atoms with Crippen LogP contribution in [0.5, 0.6) is 0 Å². The third kappa shape index (κ3) is 4.82. The third-order valence-corrected chi connectivity index (χ3v) is 1.87. The lowest BCUT2D eigenvalue weighted by Gasteiger charge is -2.28. The molecule has 5 nitrogen and oxygen atoms in total. The van der Waals surface area contributed by atoms with Crippen LogP contribution < -0.4 is 5.73 Å². The highest BCUT2D eigenvalue weighted by atomic mass is 16.6. The molecular formula is C11H20N2O3. The summed E-state index contributed by atoms with van der Waals surface area (Å²) in [6, 6.07) is -0.715. The lowest BCUT2D eigenvalue weighted by Crippen LogP contribution is -2.47. The van der Waals surface area contributed by atoms with Gasteiger partial charge in [0.15, 0.2) is 0 Å². The zero-order valence-corrected chi connectivity index (χ0v) is 10.3. The Balaban J connectivity index is 4.61. The lowest BCUT2D eigenvalue weighted by atomic mass is 10.1. The van der Waals surface area contributed by atoms with Gasteiger partial charge in [0, 0.05) is 7.05 Å². The SMILES string of the molecule is C=CCC(C(N)=O)N(C)C(=O)OC(C)(C)C. The maximum Gasteiger partial charge on any atom is 0.410 e. The van der Waals surface area contributed by atoms with E-state index in [1.807, 2.05) is 0 Å². The van der Waals surface area contributed by atoms with Gasteiger partial charge >= 0.3 is 6.09 Å². The summed E-state index contributed by atoms with van der Waals surface area (Å²) in [5.74, 6) is -0.576. The van der Waals surface area contributed by atoms with E-state index in [1.165, 1.54) is 18.0 Å². The first-order valence-corrected chi connectivity index (χ1v) is 5.05. The quantitative estimate of drug-likeness (QED) is 0.737. The monoisotopic (exact) mass is 228 g/mol. The molecule has 16 heavy (non-hydrogen) atoms. The van der Waals surface area contributed by atoms with Crippen molar-refractivity contribution in [1.82, 2.24) is 4.90 Å². The maximum atomic E-state index is 11.6. The Morgan fingerprint density at radius 1 is 1.50 bits per heavy atom. The highest BCUT2D eigenvalue weighted by Gasteiger charge is 2.27. The summed E-state index contributed by atoms with van der Waals surface area (Å²) in [6.45, 7) is 8.78. The van der Waals surface area contributed by atoms with Crippen molar-refractivity contribution >= 4 is 12.0 Å². The Morgan fingerprint density at radius 3 is 2.31 bits per heavy atom. The molecule has 0 aromatic carbocycles. The average Bonchev–Trinajstić information content (AvgIpc) is 2.09. The van der Waals surface area contributed by atoms with Crippen LogP contribution in [0.25, 0.3) is 0 Å². The van der Waals surface area contributed by atoms with E-state index in [0.717, 1.165) is 0 Å². The molecule has 0 aromatic heterocycles. The van der Waals surface area contributed by atoms with Crippen molar-refractivity contribution < 1.29 is 14.3 Å². The third-order valence-electron chi connectivity index (χ3n) is 1.87. The molecule has 0 saturated carbocycles. The Kier molecular flexibility index (Phi) is 5.01. The second-order valence-electron chi connectivity index (χ2n) is 4.53. The van der Waals surface area contributed by atoms with Gasteiger partial charge in [-0.1, -0.05) is 6.08 Å². The first-order chi connectivity index (χ1) is 7.19. The van der Waals surface area contributed by atoms with Gasteiger partial charge in [-0.2, -0.15) is 0 Å². The molecule has 1 atom stereocenters. The molecule has 0 fully saturated rings. The number of ether oxygens (including phenoxy) is 1. The summed E-state index contributed by atoms with van der Waals surface area (Å²) in [6.07, 6.45) is 1.28. The first kappa shape index (κ1) is 14.5. The Morgan fingerprint density at radius 2 is 2.00 bits per heavy atom. The van der Waals surface area contributed by atoms with Gasteiger partial charge in [-0.15, -0.1) is 6.58 Å². The van der Waals surface area contributed by atoms with Gasteiger partial charge in [-0.05, 0) is 27.2 Å². The predicted molar refractivity (Wildman–Crippen MR) is 61.8 cm³/mol. The minimum atomic E-state index is -0.715. The second kappa shape index (κ2) is 5.53. The summed E-state index contributed by atoms with van der Waals surface area (Å²) in [5.41, 5.74) is 4.59. The van der Waals surface area contributed by atoms with Crippen LogP contribution in [-0.2, 0) is 9.53 Å². The van der Waals surface area contributed by atoms with Crippen LogP contribution in [0.2, 0.25) is 0 Å². The molecule has 1 unspecified atom stereocenters. The fourth-order valence-corrected chi connectivity index (χ4v) is 1.08. The smallest absolute Gasteiger partial charge is 0.410 e. The lowest BCUT2D eigenvalue weighted by molar-refractivity contribution is -0.122. The molecule has 2 amide bonds. The number of rotatable bonds is 4. The van der Waals surface area contributed by atoms with Crippen molar-refractivity contribution in [3.63, 3.8) is 0 Å². The van der Waals surface area contributed by atoms with Crippen molar-refractivity contribution in [1.29, 1.82) is 0 Å². The van der Waals surface area contributed by atoms with Crippen molar-refractivity contribution in [2.45, 2.75) is 38.8 Å². The minimum Gasteiger partial charge on any atom is -0.444 e. The molecule has 0 rings (SSSR count). The highest BCUT2D eigenvalue weighted by Crippen LogP contribution is 2.12. The first-order valence-electron chi connectivity index (χ1n) is 5.05. The van der Waals surface area contributed by atoms with Gasteiger partial charge in [0.1, 0.15) is 11.6 Å². The van der Waals surface area contributed by atoms with E-state index in [0.29, 0.717) is 6.42 Å². The molecule has 0 spiro atoms. The van der Waals surface area contributed by atoms with Gasteiger partial charge in [0.2, 0.25) is 5.91 Å². The fourth-order valence-electron chi connectivity index (χ4n) is 1.08. The summed E-state index contributed by atoms with van der Waals surface area (Å²) in [7, 11) is 1.48. The molecule has 0 radical (unpaired) electrons. The second-order valence-corrected chi connectivity index (χ2v) is 4.53. The molecule has 0 aromatic rings. The molecule has 5 heteroatoms. The fraction of sp³-hybridized carbons (Fsp3) is 0.636. The van der Waals surface area contributed by atoms with E-state index >= 15 is 0 Å². The molecule has 92 valence electrons. The minimum absolute atomic E-state index is 0.311. The summed E-state index contributed by atoms with van der Waals surface area (Å²) < 4.78 is 5.12. The summed E-state index contributed by atoms with van der Waals surface area (Å²) >= 11 is 0. The van der Waals surface area contributed by atoms with E-state index in [-0.39, 0.29) is 0 Å². The Bertz CT molecular complexity index is 281. The van der Waals surface area contributed by atoms with Crippen molar-refractivity contribution in [3.05, 3.63) is 12.7 Å². The zero-order chi connectivity index (χ0) is 12.9. The number of nitrogens with two attached hydrogens (primary N) is 1. The van der Waals surface area contributed by atoms with Crippen molar-refractivity contribution in [2.75, 3.05) is 7.05 Å². The molecule has 0 saturated heterocycles. The van der Waals surface area contributed by atoms with E-state index in [1.54, 1.807) is 20.8 Å². The summed E-state index contributed by atoms with van der Waals surface area (Å²) in [5, 5.41) is 0. The molecular weight excluding hydrogens is 208 g/mol. The van der Waals surface area contributed by atoms with E-state index in [9.17, 15) is 9.59 Å². The number of likely N-dealkylation sites (N-methyl/N-ethyl adjacent to an activating group) is 1. The Hall–Kier alpha value is -1.52. The molecule has 0 bridgehead atoms. The zero-order valence-electron chi connectivity index (χ0n) is 10.3. The van der Waals surface area contributed by atoms with Crippen LogP contribution in [0.4, 0.5) is 4.79 Å². The van der Waals surface area contributed by atoms with Crippen LogP contribution in [-0.4, -0.2) is 35.6 Å². The number of amides is 2. The van der Waals surface area contributed by atoms with Gasteiger partial charge in [0.25, 0.3) is 0 Å². The van der Waals surface area contributed by atoms with Gasteiger partial charge in [0.05, 0.1) is 0 Å². The number of nitrogens with zero attached hydrogens (tertiary/aromatic N) is 1. The largest absolute Gasteiger partial charge is 0.444 e. The van der Waals surface area contributed by atoms with Crippen LogP contribution >= 0.6 is 0 Å². The number of carbonyl (C=O) groups excluding carboxylic acids is 2. The molecule has 0 aliphatic carbocycles. The highest BCUT2D eigenvalue weighted by molar-refractivity contribution is 5.84. The van der Waals surface area contributed by atoms with E-state index in [4.69, 9.17) is 10.5 Å². The van der Waals surface area contributed by atoms with Gasteiger partial charge in [-0.25, -0.2) is 4.79 Å². The maximum absolute atomic E-state index is 11.6. The topological polar surface area (TPSA) is 72.6 Å². The molecule has 2 N–H and O–H groups in total. The number of carbonyl (C=O) groups is 2. The van der Waals surface area contributed by atoms with Crippen molar-refractivity contribution in [2.24, 2.45) is 5.73 Å². The standard InChI is InChI=1S/C11H20N2O3/c1-6-7-8(9(12)14)13(5)10(15)16-11(2,3)4/h6,8H,1,7H2,2-5H3,(H2,12,14). The summed E-state index contributed by atoms with van der Waals surface area (Å²) in [4.78, 5) is 24.0. The molecule has 0 aliphatic rings. The Labute approximate surface area is 96.2 Å². The number of hydrogen-bond donors (Lipinski definition) is 1. The van der Waals surface area contributed by atoms with Crippen LogP contribution in [0.3, 0.4) is 0 Å². The predicted octanol–water partition coefficient (Wildman–Crippen LogP) is 1.28. The van der Waals surface area contributed by atoms with Crippen LogP contribution in [0, 0.1) is 0 Å². The van der Waals surface area contributed by atoms with Gasteiger partial charge < -0.3 is 10.5 Å². The normalized spacial score (nSPS) is 12.8. The number of primary amides is 1. The molecule has 0 aliphatic heterocycles. The van der Waals surface area contributed by atoms with Crippen molar-refractivity contribution in [3.8, 4) is 0 Å². The van der Waals surface area contributed by atoms with E-state index < -0.39 is 23.6 Å².